The molecule has 1 unspecified atom stereocenters. The van der Waals surface area contributed by atoms with Gasteiger partial charge in [0.05, 0.1) is 17.4 Å². The van der Waals surface area contributed by atoms with Gasteiger partial charge in [-0.25, -0.2) is 17.5 Å². The lowest BCUT2D eigenvalue weighted by atomic mass is 10.0. The van der Waals surface area contributed by atoms with Crippen molar-refractivity contribution in [2.45, 2.75) is 18.7 Å². The fourth-order valence-electron chi connectivity index (χ4n) is 3.53. The molecule has 1 heterocycles. The normalized spacial score (nSPS) is 16.4. The van der Waals surface area contributed by atoms with Crippen molar-refractivity contribution in [2.75, 3.05) is 38.1 Å². The van der Waals surface area contributed by atoms with Crippen LogP contribution in [0.2, 0.25) is 0 Å². The minimum Gasteiger partial charge on any atom is -0.369 e. The number of hydrogen-bond donors (Lipinski definition) is 1. The first-order valence-corrected chi connectivity index (χ1v) is 11.1. The zero-order chi connectivity index (χ0) is 21.0. The van der Waals surface area contributed by atoms with Crippen LogP contribution in [0.15, 0.2) is 42.5 Å². The van der Waals surface area contributed by atoms with Crippen LogP contribution in [-0.2, 0) is 15.8 Å². The molecule has 0 bridgehead atoms. The van der Waals surface area contributed by atoms with E-state index < -0.39 is 21.9 Å². The fourth-order valence-corrected chi connectivity index (χ4v) is 4.90. The van der Waals surface area contributed by atoms with Crippen LogP contribution in [0.3, 0.4) is 0 Å². The van der Waals surface area contributed by atoms with Crippen LogP contribution in [-0.4, -0.2) is 46.5 Å². The van der Waals surface area contributed by atoms with E-state index in [1.165, 1.54) is 12.1 Å². The molecule has 6 nitrogen and oxygen atoms in total. The second-order valence-electron chi connectivity index (χ2n) is 7.40. The number of piperazine rings is 1. The van der Waals surface area contributed by atoms with Crippen molar-refractivity contribution in [3.63, 3.8) is 0 Å². The van der Waals surface area contributed by atoms with Crippen LogP contribution >= 0.6 is 0 Å². The Bertz CT molecular complexity index is 1010. The van der Waals surface area contributed by atoms with Crippen molar-refractivity contribution in [3.05, 3.63) is 65.0 Å². The van der Waals surface area contributed by atoms with Gasteiger partial charge in [-0.1, -0.05) is 12.1 Å². The predicted molar refractivity (Wildman–Crippen MR) is 111 cm³/mol. The van der Waals surface area contributed by atoms with Gasteiger partial charge in [0.25, 0.3) is 0 Å². The van der Waals surface area contributed by atoms with Crippen LogP contribution in [0.1, 0.15) is 29.7 Å². The predicted octanol–water partition coefficient (Wildman–Crippen LogP) is 2.63. The standard InChI is InChI=1S/C21H25FN4O2S/c1-16(24-29(27,28)15-18-5-3-4-17(12-18)14-23)20-13-19(22)6-7-21(20)26-10-8-25(2)9-11-26/h3-7,12-13,16,24H,8-11,15H2,1-2H3. The smallest absolute Gasteiger partial charge is 0.216 e. The molecule has 1 saturated heterocycles. The van der Waals surface area contributed by atoms with Gasteiger partial charge in [-0.15, -0.1) is 0 Å². The monoisotopic (exact) mass is 416 g/mol. The molecule has 154 valence electrons. The van der Waals surface area contributed by atoms with Crippen LogP contribution in [0, 0.1) is 17.1 Å². The van der Waals surface area contributed by atoms with Gasteiger partial charge in [-0.3, -0.25) is 0 Å². The minimum atomic E-state index is -3.68. The lowest BCUT2D eigenvalue weighted by Gasteiger charge is -2.36. The van der Waals surface area contributed by atoms with E-state index in [-0.39, 0.29) is 5.75 Å². The molecule has 1 atom stereocenters. The summed E-state index contributed by atoms with van der Waals surface area (Å²) >= 11 is 0. The third-order valence-electron chi connectivity index (χ3n) is 5.07. The summed E-state index contributed by atoms with van der Waals surface area (Å²) in [4.78, 5) is 4.39. The highest BCUT2D eigenvalue weighted by molar-refractivity contribution is 7.88. The second kappa shape index (κ2) is 8.91. The third kappa shape index (κ3) is 5.54. The molecule has 0 saturated carbocycles. The maximum absolute atomic E-state index is 14.0. The number of anilines is 1. The summed E-state index contributed by atoms with van der Waals surface area (Å²) in [5, 5.41) is 8.99. The lowest BCUT2D eigenvalue weighted by Crippen LogP contribution is -2.45. The zero-order valence-corrected chi connectivity index (χ0v) is 17.4. The Morgan fingerprint density at radius 1 is 1.17 bits per heavy atom. The van der Waals surface area contributed by atoms with Gasteiger partial charge in [-0.05, 0) is 55.4 Å². The number of benzene rings is 2. The molecule has 2 aromatic carbocycles. The van der Waals surface area contributed by atoms with Gasteiger partial charge in [0.2, 0.25) is 10.0 Å². The van der Waals surface area contributed by atoms with Crippen LogP contribution in [0.5, 0.6) is 0 Å². The Balaban J connectivity index is 1.79. The van der Waals surface area contributed by atoms with Gasteiger partial charge in [0.15, 0.2) is 0 Å². The van der Waals surface area contributed by atoms with E-state index in [0.717, 1.165) is 31.9 Å². The second-order valence-corrected chi connectivity index (χ2v) is 9.16. The number of nitrogens with zero attached hydrogens (tertiary/aromatic N) is 3. The van der Waals surface area contributed by atoms with E-state index in [9.17, 15) is 12.8 Å². The summed E-state index contributed by atoms with van der Waals surface area (Å²) in [6.07, 6.45) is 0. The lowest BCUT2D eigenvalue weighted by molar-refractivity contribution is 0.312. The van der Waals surface area contributed by atoms with E-state index in [1.807, 2.05) is 6.07 Å². The highest BCUT2D eigenvalue weighted by atomic mass is 32.2. The Hall–Kier alpha value is -2.47. The Labute approximate surface area is 171 Å². The van der Waals surface area contributed by atoms with Crippen LogP contribution < -0.4 is 9.62 Å². The number of hydrogen-bond acceptors (Lipinski definition) is 5. The third-order valence-corrected chi connectivity index (χ3v) is 6.50. The number of nitriles is 1. The van der Waals surface area contributed by atoms with Crippen LogP contribution in [0.4, 0.5) is 10.1 Å². The number of likely N-dealkylation sites (N-methyl/N-ethyl adjacent to an activating group) is 1. The van der Waals surface area contributed by atoms with E-state index in [4.69, 9.17) is 5.26 Å². The minimum absolute atomic E-state index is 0.244. The van der Waals surface area contributed by atoms with Gasteiger partial charge in [0, 0.05) is 37.9 Å². The van der Waals surface area contributed by atoms with Gasteiger partial charge in [0.1, 0.15) is 5.82 Å². The van der Waals surface area contributed by atoms with Crippen molar-refractivity contribution in [1.29, 1.82) is 5.26 Å². The van der Waals surface area contributed by atoms with E-state index in [1.54, 1.807) is 37.3 Å². The molecule has 3 rings (SSSR count). The molecule has 0 aromatic heterocycles. The summed E-state index contributed by atoms with van der Waals surface area (Å²) in [6.45, 7) is 5.11. The quantitative estimate of drug-likeness (QED) is 0.783. The van der Waals surface area contributed by atoms with Crippen molar-refractivity contribution in [3.8, 4) is 6.07 Å². The Kier molecular flexibility index (Phi) is 6.52. The topological polar surface area (TPSA) is 76.4 Å². The molecule has 0 radical (unpaired) electrons. The Morgan fingerprint density at radius 2 is 1.90 bits per heavy atom. The average Bonchev–Trinajstić information content (AvgIpc) is 2.68. The first-order chi connectivity index (χ1) is 13.8. The van der Waals surface area contributed by atoms with Gasteiger partial charge < -0.3 is 9.80 Å². The Morgan fingerprint density at radius 3 is 2.59 bits per heavy atom. The summed E-state index contributed by atoms with van der Waals surface area (Å²) < 4.78 is 42.0. The molecular formula is C21H25FN4O2S. The zero-order valence-electron chi connectivity index (χ0n) is 16.6. The molecule has 0 amide bonds. The molecule has 29 heavy (non-hydrogen) atoms. The van der Waals surface area contributed by atoms with Crippen molar-refractivity contribution in [2.24, 2.45) is 0 Å². The first-order valence-electron chi connectivity index (χ1n) is 9.49. The number of halogens is 1. The van der Waals surface area contributed by atoms with E-state index in [0.29, 0.717) is 16.7 Å². The highest BCUT2D eigenvalue weighted by Gasteiger charge is 2.23. The van der Waals surface area contributed by atoms with Crippen molar-refractivity contribution >= 4 is 15.7 Å². The fraction of sp³-hybridized carbons (Fsp3) is 0.381. The summed E-state index contributed by atoms with van der Waals surface area (Å²) in [6, 6.07) is 12.5. The molecule has 0 aliphatic carbocycles. The number of sulfonamides is 1. The molecular weight excluding hydrogens is 391 g/mol. The highest BCUT2D eigenvalue weighted by Crippen LogP contribution is 2.29. The van der Waals surface area contributed by atoms with Crippen molar-refractivity contribution < 1.29 is 12.8 Å². The van der Waals surface area contributed by atoms with Gasteiger partial charge in [-0.2, -0.15) is 5.26 Å². The molecule has 1 fully saturated rings. The maximum Gasteiger partial charge on any atom is 0.216 e. The average molecular weight is 417 g/mol. The van der Waals surface area contributed by atoms with Crippen molar-refractivity contribution in [1.82, 2.24) is 9.62 Å². The van der Waals surface area contributed by atoms with Crippen LogP contribution in [0.25, 0.3) is 0 Å². The SMILES string of the molecule is CC(NS(=O)(=O)Cc1cccc(C#N)c1)c1cc(F)ccc1N1CCN(C)CC1. The molecule has 1 aliphatic heterocycles. The summed E-state index contributed by atoms with van der Waals surface area (Å²) in [5.41, 5.74) is 2.40. The maximum atomic E-state index is 14.0. The first kappa shape index (κ1) is 21.2. The molecule has 2 aromatic rings. The molecule has 0 spiro atoms. The largest absolute Gasteiger partial charge is 0.369 e. The number of rotatable bonds is 6. The van der Waals surface area contributed by atoms with Gasteiger partial charge >= 0.3 is 0 Å². The summed E-state index contributed by atoms with van der Waals surface area (Å²) in [7, 11) is -1.63. The molecule has 1 aliphatic rings. The van der Waals surface area contributed by atoms with E-state index in [2.05, 4.69) is 21.6 Å². The molecule has 8 heteroatoms. The molecule has 1 N–H and O–H groups in total. The summed E-state index contributed by atoms with van der Waals surface area (Å²) in [5.74, 6) is -0.642. The van der Waals surface area contributed by atoms with E-state index >= 15 is 0 Å². The number of nitrogens with one attached hydrogen (secondary N) is 1.